The van der Waals surface area contributed by atoms with Crippen LogP contribution in [0.5, 0.6) is 0 Å². The Balaban J connectivity index is 1.69. The number of amides is 1. The maximum atomic E-state index is 12.4. The summed E-state index contributed by atoms with van der Waals surface area (Å²) in [5.74, 6) is -0.690. The molecule has 0 aliphatic carbocycles. The van der Waals surface area contributed by atoms with Crippen molar-refractivity contribution in [1.82, 2.24) is 9.97 Å². The molecule has 1 atom stereocenters. The van der Waals surface area contributed by atoms with Crippen molar-refractivity contribution in [2.45, 2.75) is 17.3 Å². The summed E-state index contributed by atoms with van der Waals surface area (Å²) >= 11 is 1.16. The molecule has 0 spiro atoms. The molecule has 138 valence electrons. The molecule has 1 heterocycles. The maximum Gasteiger partial charge on any atom is 0.337 e. The molecule has 27 heavy (non-hydrogen) atoms. The summed E-state index contributed by atoms with van der Waals surface area (Å²) in [6.45, 7) is 1.72. The van der Waals surface area contributed by atoms with Crippen molar-refractivity contribution in [1.29, 1.82) is 0 Å². The lowest BCUT2D eigenvalue weighted by Crippen LogP contribution is -2.23. The lowest BCUT2D eigenvalue weighted by atomic mass is 10.2. The van der Waals surface area contributed by atoms with Gasteiger partial charge in [-0.15, -0.1) is 0 Å². The Morgan fingerprint density at radius 2 is 1.85 bits per heavy atom. The molecule has 0 saturated heterocycles. The van der Waals surface area contributed by atoms with Gasteiger partial charge >= 0.3 is 5.97 Å². The fraction of sp³-hybridized carbons (Fsp3) is 0.158. The van der Waals surface area contributed by atoms with Gasteiger partial charge in [-0.3, -0.25) is 9.59 Å². The largest absolute Gasteiger partial charge is 0.465 e. The zero-order valence-corrected chi connectivity index (χ0v) is 15.5. The van der Waals surface area contributed by atoms with Crippen molar-refractivity contribution < 1.29 is 14.3 Å². The molecule has 3 aromatic rings. The third-order valence-electron chi connectivity index (χ3n) is 3.82. The molecule has 3 rings (SSSR count). The smallest absolute Gasteiger partial charge is 0.337 e. The van der Waals surface area contributed by atoms with Crippen LogP contribution in [0.25, 0.3) is 10.9 Å². The molecular weight excluding hydrogens is 366 g/mol. The van der Waals surface area contributed by atoms with Gasteiger partial charge in [-0.1, -0.05) is 23.9 Å². The summed E-state index contributed by atoms with van der Waals surface area (Å²) in [6, 6.07) is 13.4. The quantitative estimate of drug-likeness (QED) is 0.399. The first-order valence-corrected chi connectivity index (χ1v) is 9.01. The van der Waals surface area contributed by atoms with E-state index in [2.05, 4.69) is 20.0 Å². The number of hydrogen-bond donors (Lipinski definition) is 2. The zero-order valence-electron chi connectivity index (χ0n) is 14.7. The van der Waals surface area contributed by atoms with Gasteiger partial charge in [-0.25, -0.2) is 9.78 Å². The Morgan fingerprint density at radius 1 is 1.15 bits per heavy atom. The molecule has 1 amide bonds. The molecule has 0 bridgehead atoms. The molecule has 7 nitrogen and oxygen atoms in total. The van der Waals surface area contributed by atoms with Crippen LogP contribution in [0.15, 0.2) is 58.5 Å². The fourth-order valence-corrected chi connectivity index (χ4v) is 3.20. The van der Waals surface area contributed by atoms with Gasteiger partial charge in [0.25, 0.3) is 5.56 Å². The maximum absolute atomic E-state index is 12.4. The van der Waals surface area contributed by atoms with E-state index in [9.17, 15) is 14.4 Å². The topological polar surface area (TPSA) is 101 Å². The Kier molecular flexibility index (Phi) is 5.56. The molecular formula is C19H17N3O4S. The van der Waals surface area contributed by atoms with Gasteiger partial charge in [-0.05, 0) is 43.3 Å². The van der Waals surface area contributed by atoms with E-state index < -0.39 is 11.2 Å². The number of nitrogens with zero attached hydrogens (tertiary/aromatic N) is 1. The number of aromatic amines is 1. The number of carbonyl (C=O) groups excluding carboxylic acids is 2. The normalized spacial score (nSPS) is 11.8. The summed E-state index contributed by atoms with van der Waals surface area (Å²) in [7, 11) is 1.31. The van der Waals surface area contributed by atoms with Gasteiger partial charge in [-0.2, -0.15) is 0 Å². The van der Waals surface area contributed by atoms with E-state index in [0.29, 0.717) is 27.3 Å². The second-order valence-corrected chi connectivity index (χ2v) is 7.04. The summed E-state index contributed by atoms with van der Waals surface area (Å²) in [4.78, 5) is 43.0. The molecule has 8 heteroatoms. The van der Waals surface area contributed by atoms with Crippen molar-refractivity contribution in [2.75, 3.05) is 12.4 Å². The molecule has 1 aromatic heterocycles. The van der Waals surface area contributed by atoms with Crippen molar-refractivity contribution >= 4 is 40.2 Å². The van der Waals surface area contributed by atoms with Gasteiger partial charge in [0.05, 0.1) is 28.8 Å². The molecule has 0 saturated carbocycles. The minimum absolute atomic E-state index is 0.242. The van der Waals surface area contributed by atoms with Crippen molar-refractivity contribution in [3.8, 4) is 0 Å². The number of carbonyl (C=O) groups is 2. The minimum Gasteiger partial charge on any atom is -0.465 e. The molecule has 0 aliphatic rings. The number of benzene rings is 2. The van der Waals surface area contributed by atoms with Gasteiger partial charge in [0.1, 0.15) is 0 Å². The number of methoxy groups -OCH3 is 1. The van der Waals surface area contributed by atoms with Crippen LogP contribution in [-0.4, -0.2) is 34.2 Å². The first-order chi connectivity index (χ1) is 13.0. The average Bonchev–Trinajstić information content (AvgIpc) is 2.68. The average molecular weight is 383 g/mol. The fourth-order valence-electron chi connectivity index (χ4n) is 2.39. The van der Waals surface area contributed by atoms with Gasteiger partial charge < -0.3 is 15.0 Å². The van der Waals surface area contributed by atoms with Crippen molar-refractivity contribution in [2.24, 2.45) is 0 Å². The highest BCUT2D eigenvalue weighted by molar-refractivity contribution is 8.00. The van der Waals surface area contributed by atoms with Crippen LogP contribution in [0.4, 0.5) is 5.69 Å². The van der Waals surface area contributed by atoms with Crippen LogP contribution in [0.2, 0.25) is 0 Å². The third kappa shape index (κ3) is 4.35. The molecule has 2 aromatic carbocycles. The van der Waals surface area contributed by atoms with Gasteiger partial charge in [0, 0.05) is 5.69 Å². The summed E-state index contributed by atoms with van der Waals surface area (Å²) in [6.07, 6.45) is 0. The molecule has 0 aliphatic heterocycles. The van der Waals surface area contributed by atoms with E-state index in [1.54, 1.807) is 55.5 Å². The van der Waals surface area contributed by atoms with E-state index in [-0.39, 0.29) is 11.5 Å². The molecule has 0 unspecified atom stereocenters. The van der Waals surface area contributed by atoms with E-state index in [1.165, 1.54) is 7.11 Å². The van der Waals surface area contributed by atoms with Gasteiger partial charge in [0.15, 0.2) is 5.16 Å². The van der Waals surface area contributed by atoms with Crippen LogP contribution in [0.1, 0.15) is 17.3 Å². The number of para-hydroxylation sites is 1. The predicted octanol–water partition coefficient (Wildman–Crippen LogP) is 2.83. The first kappa shape index (κ1) is 18.7. The SMILES string of the molecule is COC(=O)c1ccc(NC(=O)[C@@H](C)Sc2nc3ccccc3c(=O)[nH]2)cc1. The molecule has 0 fully saturated rings. The van der Waals surface area contributed by atoms with Gasteiger partial charge in [0.2, 0.25) is 5.91 Å². The Labute approximate surface area is 159 Å². The van der Waals surface area contributed by atoms with Crippen molar-refractivity contribution in [3.05, 3.63) is 64.4 Å². The number of fused-ring (bicyclic) bond motifs is 1. The minimum atomic E-state index is -0.491. The van der Waals surface area contributed by atoms with Crippen LogP contribution in [-0.2, 0) is 9.53 Å². The number of aromatic nitrogens is 2. The molecule has 2 N–H and O–H groups in total. The highest BCUT2D eigenvalue weighted by Gasteiger charge is 2.17. The second-order valence-electron chi connectivity index (χ2n) is 5.71. The molecule has 0 radical (unpaired) electrons. The number of nitrogens with one attached hydrogen (secondary N) is 2. The Hall–Kier alpha value is -3.13. The highest BCUT2D eigenvalue weighted by Crippen LogP contribution is 2.21. The monoisotopic (exact) mass is 383 g/mol. The zero-order chi connectivity index (χ0) is 19.4. The van der Waals surface area contributed by atoms with Crippen LogP contribution in [0, 0.1) is 0 Å². The van der Waals surface area contributed by atoms with Crippen molar-refractivity contribution in [3.63, 3.8) is 0 Å². The Bertz CT molecular complexity index is 1050. The summed E-state index contributed by atoms with van der Waals surface area (Å²) < 4.78 is 4.64. The van der Waals surface area contributed by atoms with Crippen LogP contribution >= 0.6 is 11.8 Å². The standard InChI is InChI=1S/C19H17N3O4S/c1-11(16(23)20-13-9-7-12(8-10-13)18(25)26-2)27-19-21-15-6-4-3-5-14(15)17(24)22-19/h3-11H,1-2H3,(H,20,23)(H,21,22,24)/t11-/m1/s1. The highest BCUT2D eigenvalue weighted by atomic mass is 32.2. The first-order valence-electron chi connectivity index (χ1n) is 8.13. The number of H-pyrrole nitrogens is 1. The summed E-state index contributed by atoms with van der Waals surface area (Å²) in [5.41, 5.74) is 1.29. The lowest BCUT2D eigenvalue weighted by Gasteiger charge is -2.12. The summed E-state index contributed by atoms with van der Waals surface area (Å²) in [5, 5.41) is 3.16. The lowest BCUT2D eigenvalue weighted by molar-refractivity contribution is -0.115. The van der Waals surface area contributed by atoms with Crippen LogP contribution < -0.4 is 10.9 Å². The second kappa shape index (κ2) is 8.05. The predicted molar refractivity (Wildman–Crippen MR) is 104 cm³/mol. The number of thioether (sulfide) groups is 1. The van der Waals surface area contributed by atoms with E-state index in [4.69, 9.17) is 0 Å². The van der Waals surface area contributed by atoms with E-state index in [1.807, 2.05) is 0 Å². The number of anilines is 1. The van der Waals surface area contributed by atoms with Crippen LogP contribution in [0.3, 0.4) is 0 Å². The third-order valence-corrected chi connectivity index (χ3v) is 4.81. The number of rotatable bonds is 5. The van der Waals surface area contributed by atoms with E-state index >= 15 is 0 Å². The number of hydrogen-bond acceptors (Lipinski definition) is 6. The van der Waals surface area contributed by atoms with E-state index in [0.717, 1.165) is 11.8 Å². The number of ether oxygens (including phenoxy) is 1. The Morgan fingerprint density at radius 3 is 2.56 bits per heavy atom. The number of esters is 1.